The van der Waals surface area contributed by atoms with Crippen LogP contribution in [0, 0.1) is 0 Å². The lowest BCUT2D eigenvalue weighted by atomic mass is 10.3. The molecule has 1 aromatic rings. The molecule has 0 saturated heterocycles. The van der Waals surface area contributed by atoms with E-state index in [-0.39, 0.29) is 5.76 Å². The number of benzene rings is 1. The smallest absolute Gasteiger partial charge is 0.371 e. The Balaban J connectivity index is 2.90. The first-order valence-electron chi connectivity index (χ1n) is 4.35. The number of hydrogen-bond acceptors (Lipinski definition) is 2. The Hall–Kier alpha value is -1.48. The molecule has 0 spiro atoms. The van der Waals surface area contributed by atoms with Gasteiger partial charge in [0.25, 0.3) is 0 Å². The van der Waals surface area contributed by atoms with Crippen LogP contribution in [-0.2, 0) is 4.79 Å². The molecule has 80 valence electrons. The van der Waals surface area contributed by atoms with Gasteiger partial charge < -0.3 is 9.84 Å². The van der Waals surface area contributed by atoms with E-state index in [1.807, 2.05) is 0 Å². The van der Waals surface area contributed by atoms with E-state index in [9.17, 15) is 4.79 Å². The van der Waals surface area contributed by atoms with Crippen LogP contribution in [-0.4, -0.2) is 11.1 Å². The molecule has 4 heteroatoms. The predicted octanol–water partition coefficient (Wildman–Crippen LogP) is 3.10. The van der Waals surface area contributed by atoms with Crippen LogP contribution in [0.25, 0.3) is 0 Å². The molecule has 1 N–H and O–H groups in total. The SMILES string of the molecule is CC(C)=C(Oc1ccc(Cl)cc1)C(=O)O. The minimum atomic E-state index is -1.08. The largest absolute Gasteiger partial charge is 0.475 e. The maximum absolute atomic E-state index is 10.8. The molecule has 0 fully saturated rings. The number of aliphatic carboxylic acids is 1. The highest BCUT2D eigenvalue weighted by atomic mass is 35.5. The number of carboxylic acid groups (broad SMARTS) is 1. The first-order chi connectivity index (χ1) is 7.00. The third kappa shape index (κ3) is 3.29. The molecule has 0 heterocycles. The molecule has 0 aliphatic heterocycles. The van der Waals surface area contributed by atoms with Crippen LogP contribution < -0.4 is 4.74 Å². The highest BCUT2D eigenvalue weighted by Crippen LogP contribution is 2.19. The lowest BCUT2D eigenvalue weighted by Gasteiger charge is -2.07. The van der Waals surface area contributed by atoms with Gasteiger partial charge in [-0.3, -0.25) is 0 Å². The maximum atomic E-state index is 10.8. The van der Waals surface area contributed by atoms with E-state index in [1.54, 1.807) is 38.1 Å². The molecule has 1 rings (SSSR count). The Kier molecular flexibility index (Phi) is 3.74. The summed E-state index contributed by atoms with van der Waals surface area (Å²) in [7, 11) is 0. The highest BCUT2D eigenvalue weighted by molar-refractivity contribution is 6.30. The van der Waals surface area contributed by atoms with Crippen molar-refractivity contribution in [2.45, 2.75) is 13.8 Å². The Bertz CT molecular complexity index is 389. The first kappa shape index (κ1) is 11.6. The average molecular weight is 227 g/mol. The Morgan fingerprint density at radius 3 is 2.20 bits per heavy atom. The van der Waals surface area contributed by atoms with Crippen molar-refractivity contribution < 1.29 is 14.6 Å². The quantitative estimate of drug-likeness (QED) is 0.636. The molecule has 0 atom stereocenters. The molecular formula is C11H11ClO3. The van der Waals surface area contributed by atoms with Crippen molar-refractivity contribution in [3.63, 3.8) is 0 Å². The van der Waals surface area contributed by atoms with Crippen molar-refractivity contribution in [1.29, 1.82) is 0 Å². The monoisotopic (exact) mass is 226 g/mol. The summed E-state index contributed by atoms with van der Waals surface area (Å²) in [5, 5.41) is 9.43. The predicted molar refractivity (Wildman–Crippen MR) is 58.1 cm³/mol. The molecule has 0 radical (unpaired) electrons. The van der Waals surface area contributed by atoms with Gasteiger partial charge in [-0.15, -0.1) is 0 Å². The van der Waals surface area contributed by atoms with Gasteiger partial charge in [-0.2, -0.15) is 0 Å². The molecular weight excluding hydrogens is 216 g/mol. The Morgan fingerprint density at radius 1 is 1.27 bits per heavy atom. The lowest BCUT2D eigenvalue weighted by molar-refractivity contribution is -0.135. The second-order valence-electron chi connectivity index (χ2n) is 3.19. The Morgan fingerprint density at radius 2 is 1.80 bits per heavy atom. The van der Waals surface area contributed by atoms with E-state index in [1.165, 1.54) is 0 Å². The number of halogens is 1. The third-order valence-electron chi connectivity index (χ3n) is 1.68. The van der Waals surface area contributed by atoms with Crippen molar-refractivity contribution >= 4 is 17.6 Å². The first-order valence-corrected chi connectivity index (χ1v) is 4.72. The fraction of sp³-hybridized carbons (Fsp3) is 0.182. The van der Waals surface area contributed by atoms with E-state index in [0.29, 0.717) is 16.3 Å². The van der Waals surface area contributed by atoms with E-state index >= 15 is 0 Å². The summed E-state index contributed by atoms with van der Waals surface area (Å²) in [5.74, 6) is -0.680. The van der Waals surface area contributed by atoms with Crippen molar-refractivity contribution in [3.05, 3.63) is 40.6 Å². The normalized spacial score (nSPS) is 9.53. The summed E-state index contributed by atoms with van der Waals surface area (Å²) in [6.07, 6.45) is 0. The molecule has 0 aliphatic carbocycles. The molecule has 0 saturated carbocycles. The molecule has 1 aromatic carbocycles. The van der Waals surface area contributed by atoms with Crippen LogP contribution in [0.15, 0.2) is 35.6 Å². The minimum Gasteiger partial charge on any atom is -0.475 e. The van der Waals surface area contributed by atoms with E-state index in [0.717, 1.165) is 0 Å². The molecule has 0 aliphatic rings. The molecule has 15 heavy (non-hydrogen) atoms. The van der Waals surface area contributed by atoms with Crippen LogP contribution in [0.4, 0.5) is 0 Å². The van der Waals surface area contributed by atoms with Gasteiger partial charge in [0.15, 0.2) is 0 Å². The minimum absolute atomic E-state index is 0.0580. The number of allylic oxidation sites excluding steroid dienone is 1. The Labute approximate surface area is 92.9 Å². The zero-order valence-corrected chi connectivity index (χ0v) is 9.21. The molecule has 0 aromatic heterocycles. The lowest BCUT2D eigenvalue weighted by Crippen LogP contribution is -2.09. The number of hydrogen-bond donors (Lipinski definition) is 1. The summed E-state index contributed by atoms with van der Waals surface area (Å²) < 4.78 is 5.21. The zero-order chi connectivity index (χ0) is 11.4. The number of rotatable bonds is 3. The van der Waals surface area contributed by atoms with Gasteiger partial charge in [0, 0.05) is 5.02 Å². The molecule has 3 nitrogen and oxygen atoms in total. The van der Waals surface area contributed by atoms with Crippen LogP contribution in [0.3, 0.4) is 0 Å². The van der Waals surface area contributed by atoms with Gasteiger partial charge in [-0.05, 0) is 43.7 Å². The summed E-state index contributed by atoms with van der Waals surface area (Å²) in [6.45, 7) is 3.36. The van der Waals surface area contributed by atoms with Crippen LogP contribution in [0.2, 0.25) is 5.02 Å². The summed E-state index contributed by atoms with van der Waals surface area (Å²) in [5.41, 5.74) is 0.609. The van der Waals surface area contributed by atoms with E-state index in [4.69, 9.17) is 21.4 Å². The fourth-order valence-corrected chi connectivity index (χ4v) is 1.11. The van der Waals surface area contributed by atoms with Crippen LogP contribution in [0.5, 0.6) is 5.75 Å². The van der Waals surface area contributed by atoms with Crippen molar-refractivity contribution in [1.82, 2.24) is 0 Å². The van der Waals surface area contributed by atoms with Gasteiger partial charge >= 0.3 is 5.97 Å². The second kappa shape index (κ2) is 4.84. The van der Waals surface area contributed by atoms with Gasteiger partial charge in [-0.25, -0.2) is 4.79 Å². The third-order valence-corrected chi connectivity index (χ3v) is 1.93. The standard InChI is InChI=1S/C11H11ClO3/c1-7(2)10(11(13)14)15-9-5-3-8(12)4-6-9/h3-6H,1-2H3,(H,13,14). The number of ether oxygens (including phenoxy) is 1. The zero-order valence-electron chi connectivity index (χ0n) is 8.45. The second-order valence-corrected chi connectivity index (χ2v) is 3.63. The van der Waals surface area contributed by atoms with Gasteiger partial charge in [0.2, 0.25) is 5.76 Å². The van der Waals surface area contributed by atoms with Crippen LogP contribution >= 0.6 is 11.6 Å². The summed E-state index contributed by atoms with van der Waals surface area (Å²) >= 11 is 5.69. The summed E-state index contributed by atoms with van der Waals surface area (Å²) in [6, 6.07) is 6.52. The number of carbonyl (C=O) groups is 1. The summed E-state index contributed by atoms with van der Waals surface area (Å²) in [4.78, 5) is 10.8. The van der Waals surface area contributed by atoms with Gasteiger partial charge in [0.1, 0.15) is 5.75 Å². The molecule has 0 amide bonds. The van der Waals surface area contributed by atoms with Gasteiger partial charge in [0.05, 0.1) is 0 Å². The van der Waals surface area contributed by atoms with E-state index in [2.05, 4.69) is 0 Å². The topological polar surface area (TPSA) is 46.5 Å². The molecule has 0 bridgehead atoms. The number of carboxylic acids is 1. The van der Waals surface area contributed by atoms with E-state index < -0.39 is 5.97 Å². The van der Waals surface area contributed by atoms with Gasteiger partial charge in [-0.1, -0.05) is 11.6 Å². The fourth-order valence-electron chi connectivity index (χ4n) is 0.980. The maximum Gasteiger partial charge on any atom is 0.371 e. The highest BCUT2D eigenvalue weighted by Gasteiger charge is 2.11. The van der Waals surface area contributed by atoms with Crippen molar-refractivity contribution in [2.24, 2.45) is 0 Å². The average Bonchev–Trinajstić information content (AvgIpc) is 2.15. The molecule has 0 unspecified atom stereocenters. The van der Waals surface area contributed by atoms with Crippen molar-refractivity contribution in [3.8, 4) is 5.75 Å². The van der Waals surface area contributed by atoms with Crippen molar-refractivity contribution in [2.75, 3.05) is 0 Å². The van der Waals surface area contributed by atoms with Crippen LogP contribution in [0.1, 0.15) is 13.8 Å².